The SMILES string of the molecule is Cc1cccc(OCC(=O)N/N=C/c2cc(Br)ccc2OC(=O)c2ccc(Cl)cc2)c1. The van der Waals surface area contributed by atoms with Crippen molar-refractivity contribution in [3.8, 4) is 11.5 Å². The molecule has 0 atom stereocenters. The summed E-state index contributed by atoms with van der Waals surface area (Å²) in [5.74, 6) is -0.0728. The van der Waals surface area contributed by atoms with Crippen LogP contribution < -0.4 is 14.9 Å². The minimum atomic E-state index is -0.538. The highest BCUT2D eigenvalue weighted by atomic mass is 79.9. The van der Waals surface area contributed by atoms with Crippen LogP contribution in [0.4, 0.5) is 0 Å². The maximum atomic E-state index is 12.4. The number of carbonyl (C=O) groups excluding carboxylic acids is 2. The fourth-order valence-corrected chi connectivity index (χ4v) is 3.02. The van der Waals surface area contributed by atoms with Gasteiger partial charge < -0.3 is 9.47 Å². The van der Waals surface area contributed by atoms with Crippen molar-refractivity contribution < 1.29 is 19.1 Å². The Hall–Kier alpha value is -3.16. The van der Waals surface area contributed by atoms with Gasteiger partial charge >= 0.3 is 5.97 Å². The van der Waals surface area contributed by atoms with E-state index in [0.717, 1.165) is 10.0 Å². The third-order valence-corrected chi connectivity index (χ3v) is 4.75. The molecule has 0 saturated carbocycles. The number of ether oxygens (including phenoxy) is 2. The summed E-state index contributed by atoms with van der Waals surface area (Å²) in [5.41, 5.74) is 4.28. The van der Waals surface area contributed by atoms with Crippen LogP contribution in [0, 0.1) is 6.92 Å². The monoisotopic (exact) mass is 500 g/mol. The molecule has 0 aliphatic heterocycles. The highest BCUT2D eigenvalue weighted by Gasteiger charge is 2.12. The number of hydrazone groups is 1. The summed E-state index contributed by atoms with van der Waals surface area (Å²) < 4.78 is 11.7. The summed E-state index contributed by atoms with van der Waals surface area (Å²) in [6.45, 7) is 1.75. The predicted octanol–water partition coefficient (Wildman–Crippen LogP) is 5.16. The number of amides is 1. The highest BCUT2D eigenvalue weighted by Crippen LogP contribution is 2.23. The molecule has 3 aromatic carbocycles. The van der Waals surface area contributed by atoms with Gasteiger partial charge in [0.2, 0.25) is 0 Å². The first kappa shape index (κ1) is 22.5. The van der Waals surface area contributed by atoms with Gasteiger partial charge in [0.15, 0.2) is 6.61 Å². The van der Waals surface area contributed by atoms with Crippen LogP contribution in [-0.4, -0.2) is 24.7 Å². The summed E-state index contributed by atoms with van der Waals surface area (Å²) in [7, 11) is 0. The zero-order valence-electron chi connectivity index (χ0n) is 16.5. The van der Waals surface area contributed by atoms with Crippen molar-refractivity contribution in [3.05, 3.63) is 92.9 Å². The molecule has 0 bridgehead atoms. The molecular formula is C23H18BrClN2O4. The Labute approximate surface area is 193 Å². The smallest absolute Gasteiger partial charge is 0.343 e. The molecule has 0 radical (unpaired) electrons. The molecule has 3 aromatic rings. The lowest BCUT2D eigenvalue weighted by Gasteiger charge is -2.08. The lowest BCUT2D eigenvalue weighted by atomic mass is 10.2. The number of nitrogens with one attached hydrogen (secondary N) is 1. The lowest BCUT2D eigenvalue weighted by molar-refractivity contribution is -0.123. The maximum Gasteiger partial charge on any atom is 0.343 e. The van der Waals surface area contributed by atoms with Gasteiger partial charge in [0, 0.05) is 15.1 Å². The van der Waals surface area contributed by atoms with Crippen LogP contribution >= 0.6 is 27.5 Å². The second-order valence-corrected chi connectivity index (χ2v) is 7.83. The van der Waals surface area contributed by atoms with Crippen LogP contribution in [0.25, 0.3) is 0 Å². The molecule has 6 nitrogen and oxygen atoms in total. The number of hydrogen-bond acceptors (Lipinski definition) is 5. The molecule has 0 unspecified atom stereocenters. The third kappa shape index (κ3) is 6.94. The van der Waals surface area contributed by atoms with E-state index in [2.05, 4.69) is 26.5 Å². The zero-order valence-corrected chi connectivity index (χ0v) is 18.8. The zero-order chi connectivity index (χ0) is 22.2. The number of nitrogens with zero attached hydrogens (tertiary/aromatic N) is 1. The molecule has 0 fully saturated rings. The molecule has 158 valence electrons. The Kier molecular flexibility index (Phi) is 7.81. The van der Waals surface area contributed by atoms with Gasteiger partial charge in [-0.15, -0.1) is 0 Å². The normalized spacial score (nSPS) is 10.7. The Balaban J connectivity index is 1.61. The molecule has 0 aliphatic rings. The van der Waals surface area contributed by atoms with E-state index < -0.39 is 11.9 Å². The summed E-state index contributed by atoms with van der Waals surface area (Å²) in [5, 5.41) is 4.45. The molecule has 0 saturated heterocycles. The summed E-state index contributed by atoms with van der Waals surface area (Å²) >= 11 is 9.22. The molecule has 3 rings (SSSR count). The fraction of sp³-hybridized carbons (Fsp3) is 0.0870. The largest absolute Gasteiger partial charge is 0.484 e. The number of carbonyl (C=O) groups is 2. The van der Waals surface area contributed by atoms with Gasteiger partial charge in [-0.05, 0) is 67.1 Å². The van der Waals surface area contributed by atoms with Gasteiger partial charge in [-0.25, -0.2) is 10.2 Å². The van der Waals surface area contributed by atoms with Crippen LogP contribution in [0.1, 0.15) is 21.5 Å². The number of aryl methyl sites for hydroxylation is 1. The van der Waals surface area contributed by atoms with Gasteiger partial charge in [-0.2, -0.15) is 5.10 Å². The van der Waals surface area contributed by atoms with E-state index >= 15 is 0 Å². The number of benzene rings is 3. The van der Waals surface area contributed by atoms with Gasteiger partial charge in [-0.1, -0.05) is 39.7 Å². The molecule has 0 spiro atoms. The topological polar surface area (TPSA) is 77.0 Å². The molecule has 8 heteroatoms. The number of hydrogen-bond donors (Lipinski definition) is 1. The molecule has 0 aromatic heterocycles. The van der Waals surface area contributed by atoms with Crippen LogP contribution in [0.2, 0.25) is 5.02 Å². The number of rotatable bonds is 7. The highest BCUT2D eigenvalue weighted by molar-refractivity contribution is 9.10. The first-order chi connectivity index (χ1) is 14.9. The van der Waals surface area contributed by atoms with Gasteiger partial charge in [0.05, 0.1) is 11.8 Å². The van der Waals surface area contributed by atoms with E-state index in [-0.39, 0.29) is 12.4 Å². The van der Waals surface area contributed by atoms with Gasteiger partial charge in [0.1, 0.15) is 11.5 Å². The Morgan fingerprint density at radius 2 is 1.87 bits per heavy atom. The molecule has 31 heavy (non-hydrogen) atoms. The van der Waals surface area contributed by atoms with E-state index in [1.165, 1.54) is 6.21 Å². The first-order valence-corrected chi connectivity index (χ1v) is 10.4. The molecule has 1 amide bonds. The van der Waals surface area contributed by atoms with Crippen molar-refractivity contribution in [2.45, 2.75) is 6.92 Å². The standard InChI is InChI=1S/C23H18BrClN2O4/c1-15-3-2-4-20(11-15)30-14-22(28)27-26-13-17-12-18(24)7-10-21(17)31-23(29)16-5-8-19(25)9-6-16/h2-13H,14H2,1H3,(H,27,28)/b26-13+. The lowest BCUT2D eigenvalue weighted by Crippen LogP contribution is -2.24. The quantitative estimate of drug-likeness (QED) is 0.210. The second kappa shape index (κ2) is 10.7. The Morgan fingerprint density at radius 3 is 2.61 bits per heavy atom. The van der Waals surface area contributed by atoms with Crippen molar-refractivity contribution >= 4 is 45.6 Å². The maximum absolute atomic E-state index is 12.4. The molecule has 0 heterocycles. The van der Waals surface area contributed by atoms with E-state index in [9.17, 15) is 9.59 Å². The minimum Gasteiger partial charge on any atom is -0.484 e. The van der Waals surface area contributed by atoms with Crippen molar-refractivity contribution in [3.63, 3.8) is 0 Å². The Bertz CT molecular complexity index is 1120. The van der Waals surface area contributed by atoms with Crippen molar-refractivity contribution in [1.82, 2.24) is 5.43 Å². The van der Waals surface area contributed by atoms with E-state index in [1.807, 2.05) is 25.1 Å². The number of esters is 1. The predicted molar refractivity (Wildman–Crippen MR) is 123 cm³/mol. The summed E-state index contributed by atoms with van der Waals surface area (Å²) in [6.07, 6.45) is 1.39. The first-order valence-electron chi connectivity index (χ1n) is 9.19. The third-order valence-electron chi connectivity index (χ3n) is 4.01. The van der Waals surface area contributed by atoms with Gasteiger partial charge in [0.25, 0.3) is 5.91 Å². The Morgan fingerprint density at radius 1 is 1.10 bits per heavy atom. The minimum absolute atomic E-state index is 0.183. The van der Waals surface area contributed by atoms with Crippen LogP contribution in [0.5, 0.6) is 11.5 Å². The van der Waals surface area contributed by atoms with Crippen molar-refractivity contribution in [1.29, 1.82) is 0 Å². The summed E-state index contributed by atoms with van der Waals surface area (Å²) in [4.78, 5) is 24.4. The van der Waals surface area contributed by atoms with E-state index in [0.29, 0.717) is 21.9 Å². The number of halogens is 2. The summed E-state index contributed by atoms with van der Waals surface area (Å²) in [6, 6.07) is 18.8. The molecule has 1 N–H and O–H groups in total. The van der Waals surface area contributed by atoms with Crippen molar-refractivity contribution in [2.75, 3.05) is 6.61 Å². The van der Waals surface area contributed by atoms with Crippen LogP contribution in [-0.2, 0) is 4.79 Å². The fourth-order valence-electron chi connectivity index (χ4n) is 2.52. The molecular weight excluding hydrogens is 484 g/mol. The average Bonchev–Trinajstić information content (AvgIpc) is 2.74. The van der Waals surface area contributed by atoms with E-state index in [4.69, 9.17) is 21.1 Å². The molecule has 0 aliphatic carbocycles. The van der Waals surface area contributed by atoms with Crippen LogP contribution in [0.15, 0.2) is 76.3 Å². The average molecular weight is 502 g/mol. The van der Waals surface area contributed by atoms with Crippen molar-refractivity contribution in [2.24, 2.45) is 5.10 Å². The van der Waals surface area contributed by atoms with E-state index in [1.54, 1.807) is 48.5 Å². The van der Waals surface area contributed by atoms with Gasteiger partial charge in [-0.3, -0.25) is 4.79 Å². The van der Waals surface area contributed by atoms with Crippen LogP contribution in [0.3, 0.4) is 0 Å². The second-order valence-electron chi connectivity index (χ2n) is 6.48.